The van der Waals surface area contributed by atoms with Gasteiger partial charge in [-0.3, -0.25) is 14.6 Å². The standard InChI is InChI=1S/C29H31N3O4/c1-18(2)23-15-21(10-13-24(23)36-5)27(33)25-26(20-8-11-22(12-9-20)31(3)4)32(29(35)28(25)34)17-19-7-6-14-30-16-19/h6-16,18,26,33H,17H2,1-5H3/b27-25-. The van der Waals surface area contributed by atoms with Gasteiger partial charge in [-0.25, -0.2) is 0 Å². The number of pyridine rings is 1. The quantitative estimate of drug-likeness (QED) is 0.291. The average molecular weight is 486 g/mol. The third-order valence-electron chi connectivity index (χ3n) is 6.47. The molecule has 7 nitrogen and oxygen atoms in total. The van der Waals surface area contributed by atoms with Gasteiger partial charge in [0.1, 0.15) is 11.5 Å². The zero-order chi connectivity index (χ0) is 26.0. The first-order chi connectivity index (χ1) is 17.2. The van der Waals surface area contributed by atoms with Gasteiger partial charge in [-0.15, -0.1) is 0 Å². The van der Waals surface area contributed by atoms with E-state index in [0.717, 1.165) is 22.4 Å². The lowest BCUT2D eigenvalue weighted by atomic mass is 9.93. The van der Waals surface area contributed by atoms with Crippen LogP contribution in [0.3, 0.4) is 0 Å². The van der Waals surface area contributed by atoms with Crippen molar-refractivity contribution in [3.8, 4) is 5.75 Å². The normalized spacial score (nSPS) is 17.1. The molecule has 0 radical (unpaired) electrons. The van der Waals surface area contributed by atoms with Gasteiger partial charge in [0.15, 0.2) is 0 Å². The number of amides is 1. The molecule has 1 aromatic heterocycles. The Hall–Kier alpha value is -4.13. The Balaban J connectivity index is 1.87. The van der Waals surface area contributed by atoms with Gasteiger partial charge >= 0.3 is 0 Å². The number of nitrogens with zero attached hydrogens (tertiary/aromatic N) is 3. The maximum Gasteiger partial charge on any atom is 0.295 e. The number of aliphatic hydroxyl groups is 1. The van der Waals surface area contributed by atoms with Crippen LogP contribution in [-0.2, 0) is 16.1 Å². The molecule has 1 aliphatic rings. The Morgan fingerprint density at radius 3 is 2.42 bits per heavy atom. The Morgan fingerprint density at radius 2 is 1.83 bits per heavy atom. The van der Waals surface area contributed by atoms with Crippen molar-refractivity contribution in [3.63, 3.8) is 0 Å². The second-order valence-electron chi connectivity index (χ2n) is 9.39. The number of methoxy groups -OCH3 is 1. The van der Waals surface area contributed by atoms with Gasteiger partial charge < -0.3 is 19.6 Å². The maximum atomic E-state index is 13.4. The summed E-state index contributed by atoms with van der Waals surface area (Å²) in [6.45, 7) is 4.25. The lowest BCUT2D eigenvalue weighted by Crippen LogP contribution is -2.29. The Morgan fingerprint density at radius 1 is 1.11 bits per heavy atom. The largest absolute Gasteiger partial charge is 0.507 e. The first-order valence-electron chi connectivity index (χ1n) is 11.9. The number of anilines is 1. The third kappa shape index (κ3) is 4.69. The van der Waals surface area contributed by atoms with E-state index in [4.69, 9.17) is 4.74 Å². The van der Waals surface area contributed by atoms with E-state index in [1.165, 1.54) is 4.90 Å². The molecule has 1 atom stereocenters. The van der Waals surface area contributed by atoms with Crippen molar-refractivity contribution in [2.24, 2.45) is 0 Å². The summed E-state index contributed by atoms with van der Waals surface area (Å²) in [5.74, 6) is -0.725. The van der Waals surface area contributed by atoms with Crippen LogP contribution in [0.5, 0.6) is 5.75 Å². The molecule has 1 N–H and O–H groups in total. The second kappa shape index (κ2) is 10.2. The van der Waals surface area contributed by atoms with Gasteiger partial charge in [0.25, 0.3) is 11.7 Å². The molecule has 1 amide bonds. The lowest BCUT2D eigenvalue weighted by molar-refractivity contribution is -0.140. The number of ether oxygens (including phenoxy) is 1. The van der Waals surface area contributed by atoms with Gasteiger partial charge in [-0.2, -0.15) is 0 Å². The number of carbonyl (C=O) groups excluding carboxylic acids is 2. The molecule has 2 heterocycles. The monoisotopic (exact) mass is 485 g/mol. The Kier molecular flexibility index (Phi) is 7.10. The summed E-state index contributed by atoms with van der Waals surface area (Å²) in [4.78, 5) is 34.3. The number of hydrogen-bond donors (Lipinski definition) is 1. The number of Topliss-reactive ketones (excluding diaryl/α,β-unsaturated/α-hetero) is 1. The number of carbonyl (C=O) groups is 2. The summed E-state index contributed by atoms with van der Waals surface area (Å²) >= 11 is 0. The van der Waals surface area contributed by atoms with E-state index in [9.17, 15) is 14.7 Å². The summed E-state index contributed by atoms with van der Waals surface area (Å²) < 4.78 is 5.47. The van der Waals surface area contributed by atoms with Crippen LogP contribution in [-0.4, -0.2) is 47.9 Å². The zero-order valence-corrected chi connectivity index (χ0v) is 21.2. The fourth-order valence-electron chi connectivity index (χ4n) is 4.52. The van der Waals surface area contributed by atoms with Crippen molar-refractivity contribution in [2.75, 3.05) is 26.1 Å². The Labute approximate surface area is 211 Å². The topological polar surface area (TPSA) is 83.0 Å². The van der Waals surface area contributed by atoms with E-state index in [1.807, 2.05) is 69.2 Å². The molecular formula is C29H31N3O4. The van der Waals surface area contributed by atoms with Gasteiger partial charge in [0.05, 0.1) is 18.7 Å². The van der Waals surface area contributed by atoms with E-state index in [-0.39, 0.29) is 23.8 Å². The molecule has 0 bridgehead atoms. The van der Waals surface area contributed by atoms with Gasteiger partial charge in [-0.05, 0) is 59.0 Å². The van der Waals surface area contributed by atoms with Gasteiger partial charge in [0.2, 0.25) is 0 Å². The first-order valence-corrected chi connectivity index (χ1v) is 11.9. The second-order valence-corrected chi connectivity index (χ2v) is 9.39. The molecule has 0 aliphatic carbocycles. The number of aliphatic hydroxyl groups excluding tert-OH is 1. The molecule has 0 spiro atoms. The molecule has 186 valence electrons. The molecular weight excluding hydrogens is 454 g/mol. The fraction of sp³-hybridized carbons (Fsp3) is 0.276. The lowest BCUT2D eigenvalue weighted by Gasteiger charge is -2.26. The van der Waals surface area contributed by atoms with Crippen molar-refractivity contribution in [1.82, 2.24) is 9.88 Å². The summed E-state index contributed by atoms with van der Waals surface area (Å²) in [6.07, 6.45) is 3.33. The van der Waals surface area contributed by atoms with E-state index in [0.29, 0.717) is 11.3 Å². The van der Waals surface area contributed by atoms with Crippen molar-refractivity contribution in [1.29, 1.82) is 0 Å². The molecule has 2 aromatic carbocycles. The minimum absolute atomic E-state index is 0.0707. The van der Waals surface area contributed by atoms with Crippen LogP contribution in [0.2, 0.25) is 0 Å². The predicted molar refractivity (Wildman–Crippen MR) is 140 cm³/mol. The van der Waals surface area contributed by atoms with Gasteiger partial charge in [0, 0.05) is 44.3 Å². The third-order valence-corrected chi connectivity index (χ3v) is 6.47. The number of ketones is 1. The molecule has 3 aromatic rings. The van der Waals surface area contributed by atoms with Crippen LogP contribution in [0.25, 0.3) is 5.76 Å². The van der Waals surface area contributed by atoms with Crippen LogP contribution in [0.4, 0.5) is 5.69 Å². The smallest absolute Gasteiger partial charge is 0.295 e. The highest BCUT2D eigenvalue weighted by molar-refractivity contribution is 6.46. The molecule has 36 heavy (non-hydrogen) atoms. The average Bonchev–Trinajstić information content (AvgIpc) is 3.13. The van der Waals surface area contributed by atoms with Crippen LogP contribution in [0.15, 0.2) is 72.6 Å². The summed E-state index contributed by atoms with van der Waals surface area (Å²) in [6, 6.07) is 15.9. The van der Waals surface area contributed by atoms with Crippen molar-refractivity contribution < 1.29 is 19.4 Å². The van der Waals surface area contributed by atoms with Crippen LogP contribution in [0.1, 0.15) is 48.1 Å². The molecule has 0 saturated carbocycles. The minimum atomic E-state index is -0.744. The molecule has 7 heteroatoms. The highest BCUT2D eigenvalue weighted by atomic mass is 16.5. The highest BCUT2D eigenvalue weighted by Gasteiger charge is 2.46. The van der Waals surface area contributed by atoms with Crippen molar-refractivity contribution >= 4 is 23.1 Å². The summed E-state index contributed by atoms with van der Waals surface area (Å²) in [5, 5.41) is 11.5. The highest BCUT2D eigenvalue weighted by Crippen LogP contribution is 2.41. The molecule has 1 aliphatic heterocycles. The molecule has 1 saturated heterocycles. The fourth-order valence-corrected chi connectivity index (χ4v) is 4.52. The van der Waals surface area contributed by atoms with Crippen molar-refractivity contribution in [2.45, 2.75) is 32.4 Å². The van der Waals surface area contributed by atoms with E-state index >= 15 is 0 Å². The number of hydrogen-bond acceptors (Lipinski definition) is 6. The molecule has 1 unspecified atom stereocenters. The van der Waals surface area contributed by atoms with Crippen LogP contribution >= 0.6 is 0 Å². The molecule has 4 rings (SSSR count). The Bertz CT molecular complexity index is 1300. The van der Waals surface area contributed by atoms with E-state index < -0.39 is 17.7 Å². The number of likely N-dealkylation sites (tertiary alicyclic amines) is 1. The number of benzene rings is 2. The molecule has 1 fully saturated rings. The van der Waals surface area contributed by atoms with Crippen molar-refractivity contribution in [3.05, 3.63) is 94.8 Å². The van der Waals surface area contributed by atoms with E-state index in [2.05, 4.69) is 4.98 Å². The number of aromatic nitrogens is 1. The number of rotatable bonds is 7. The SMILES string of the molecule is COc1ccc(/C(O)=C2/C(=O)C(=O)N(Cc3cccnc3)C2c2ccc(N(C)C)cc2)cc1C(C)C. The summed E-state index contributed by atoms with van der Waals surface area (Å²) in [5.41, 5.74) is 3.96. The van der Waals surface area contributed by atoms with Crippen LogP contribution < -0.4 is 9.64 Å². The predicted octanol–water partition coefficient (Wildman–Crippen LogP) is 4.90. The van der Waals surface area contributed by atoms with E-state index in [1.54, 1.807) is 37.7 Å². The summed E-state index contributed by atoms with van der Waals surface area (Å²) in [7, 11) is 5.49. The minimum Gasteiger partial charge on any atom is -0.507 e. The van der Waals surface area contributed by atoms with Crippen LogP contribution in [0, 0.1) is 0 Å². The van der Waals surface area contributed by atoms with Gasteiger partial charge in [-0.1, -0.05) is 32.0 Å². The maximum absolute atomic E-state index is 13.4. The zero-order valence-electron chi connectivity index (χ0n) is 21.2. The first kappa shape index (κ1) is 25.0.